The van der Waals surface area contributed by atoms with E-state index in [2.05, 4.69) is 0 Å². The molecule has 0 aromatic carbocycles. The van der Waals surface area contributed by atoms with Crippen molar-refractivity contribution in [1.82, 2.24) is 4.90 Å². The van der Waals surface area contributed by atoms with E-state index >= 15 is 0 Å². The Bertz CT molecular complexity index is 267. The smallest absolute Gasteiger partial charge is 0.310 e. The van der Waals surface area contributed by atoms with Crippen LogP contribution in [0.2, 0.25) is 0 Å². The average Bonchev–Trinajstić information content (AvgIpc) is 1.94. The maximum atomic E-state index is 11.6. The largest absolute Gasteiger partial charge is 0.481 e. The molecule has 2 aliphatic rings. The first-order valence-electron chi connectivity index (χ1n) is 4.85. The first kappa shape index (κ1) is 9.45. The number of hydrogen-bond donors (Lipinski definition) is 2. The summed E-state index contributed by atoms with van der Waals surface area (Å²) < 4.78 is 0. The molecule has 2 rings (SSSR count). The summed E-state index contributed by atoms with van der Waals surface area (Å²) in [6, 6.07) is 0.167. The number of hydrogen-bond acceptors (Lipinski definition) is 3. The summed E-state index contributed by atoms with van der Waals surface area (Å²) in [7, 11) is 0. The molecule has 0 unspecified atom stereocenters. The van der Waals surface area contributed by atoms with Crippen molar-refractivity contribution in [3.8, 4) is 0 Å². The fourth-order valence-electron chi connectivity index (χ4n) is 1.94. The lowest BCUT2D eigenvalue weighted by Crippen LogP contribution is -2.57. The Kier molecular flexibility index (Phi) is 2.19. The Hall–Kier alpha value is -1.10. The second-order valence-electron chi connectivity index (χ2n) is 4.21. The number of nitrogens with two attached hydrogens (primary N) is 1. The molecule has 0 spiro atoms. The lowest BCUT2D eigenvalue weighted by molar-refractivity contribution is -0.156. The predicted octanol–water partition coefficient (Wildman–Crippen LogP) is -0.733. The Morgan fingerprint density at radius 1 is 1.21 bits per heavy atom. The molecule has 78 valence electrons. The number of amides is 1. The highest BCUT2D eigenvalue weighted by Gasteiger charge is 2.41. The maximum absolute atomic E-state index is 11.6. The average molecular weight is 198 g/mol. The zero-order valence-electron chi connectivity index (χ0n) is 7.85. The number of carbonyl (C=O) groups excluding carboxylic acids is 1. The monoisotopic (exact) mass is 198 g/mol. The van der Waals surface area contributed by atoms with Gasteiger partial charge in [-0.1, -0.05) is 0 Å². The van der Waals surface area contributed by atoms with E-state index in [0.717, 1.165) is 12.8 Å². The van der Waals surface area contributed by atoms with Crippen LogP contribution in [0, 0.1) is 11.8 Å². The molecule has 14 heavy (non-hydrogen) atoms. The van der Waals surface area contributed by atoms with Gasteiger partial charge >= 0.3 is 5.97 Å². The third-order valence-corrected chi connectivity index (χ3v) is 3.07. The Morgan fingerprint density at radius 3 is 2.21 bits per heavy atom. The summed E-state index contributed by atoms with van der Waals surface area (Å²) in [5.41, 5.74) is 5.58. The minimum atomic E-state index is -0.806. The summed E-state index contributed by atoms with van der Waals surface area (Å²) in [4.78, 5) is 23.7. The zero-order chi connectivity index (χ0) is 10.3. The van der Waals surface area contributed by atoms with Crippen LogP contribution in [0.4, 0.5) is 0 Å². The number of carboxylic acid groups (broad SMARTS) is 1. The van der Waals surface area contributed by atoms with Gasteiger partial charge in [0.25, 0.3) is 0 Å². The number of carbonyl (C=O) groups is 2. The van der Waals surface area contributed by atoms with Crippen molar-refractivity contribution in [1.29, 1.82) is 0 Å². The summed E-state index contributed by atoms with van der Waals surface area (Å²) in [6.07, 6.45) is 1.51. The highest BCUT2D eigenvalue weighted by molar-refractivity contribution is 5.83. The van der Waals surface area contributed by atoms with Crippen LogP contribution in [0.25, 0.3) is 0 Å². The second kappa shape index (κ2) is 3.24. The van der Waals surface area contributed by atoms with Crippen molar-refractivity contribution in [2.24, 2.45) is 17.6 Å². The van der Waals surface area contributed by atoms with Gasteiger partial charge in [-0.2, -0.15) is 0 Å². The van der Waals surface area contributed by atoms with E-state index in [1.807, 2.05) is 0 Å². The SMILES string of the molecule is NC1CC(C(=O)N2CC(C(=O)O)C2)C1. The summed E-state index contributed by atoms with van der Waals surface area (Å²) >= 11 is 0. The van der Waals surface area contributed by atoms with E-state index in [0.29, 0.717) is 13.1 Å². The molecule has 0 radical (unpaired) electrons. The third-order valence-electron chi connectivity index (χ3n) is 3.07. The third kappa shape index (κ3) is 1.48. The van der Waals surface area contributed by atoms with E-state index in [1.54, 1.807) is 4.90 Å². The van der Waals surface area contributed by atoms with Crippen LogP contribution in [-0.4, -0.2) is 41.0 Å². The molecule has 1 saturated heterocycles. The van der Waals surface area contributed by atoms with Gasteiger partial charge in [-0.3, -0.25) is 9.59 Å². The molecule has 5 nitrogen and oxygen atoms in total. The van der Waals surface area contributed by atoms with Gasteiger partial charge in [0.1, 0.15) is 0 Å². The molecule has 0 aromatic rings. The van der Waals surface area contributed by atoms with Crippen molar-refractivity contribution < 1.29 is 14.7 Å². The van der Waals surface area contributed by atoms with Crippen LogP contribution < -0.4 is 5.73 Å². The minimum Gasteiger partial charge on any atom is -0.481 e. The van der Waals surface area contributed by atoms with E-state index in [-0.39, 0.29) is 23.8 Å². The molecule has 5 heteroatoms. The highest BCUT2D eigenvalue weighted by Crippen LogP contribution is 2.30. The molecule has 0 bridgehead atoms. The maximum Gasteiger partial charge on any atom is 0.310 e. The molecule has 0 atom stereocenters. The van der Waals surface area contributed by atoms with E-state index in [1.165, 1.54) is 0 Å². The van der Waals surface area contributed by atoms with Gasteiger partial charge in [-0.25, -0.2) is 0 Å². The van der Waals surface area contributed by atoms with E-state index in [4.69, 9.17) is 10.8 Å². The van der Waals surface area contributed by atoms with Crippen LogP contribution in [0.1, 0.15) is 12.8 Å². The van der Waals surface area contributed by atoms with E-state index in [9.17, 15) is 9.59 Å². The van der Waals surface area contributed by atoms with Gasteiger partial charge in [-0.15, -0.1) is 0 Å². The van der Waals surface area contributed by atoms with Crippen LogP contribution in [0.15, 0.2) is 0 Å². The number of rotatable bonds is 2. The van der Waals surface area contributed by atoms with Crippen LogP contribution in [-0.2, 0) is 9.59 Å². The van der Waals surface area contributed by atoms with Crippen molar-refractivity contribution in [3.63, 3.8) is 0 Å². The fraction of sp³-hybridized carbons (Fsp3) is 0.778. The normalized spacial score (nSPS) is 31.9. The molecule has 2 fully saturated rings. The van der Waals surface area contributed by atoms with Crippen LogP contribution in [0.5, 0.6) is 0 Å². The predicted molar refractivity (Wildman–Crippen MR) is 48.4 cm³/mol. The van der Waals surface area contributed by atoms with Gasteiger partial charge in [0.15, 0.2) is 0 Å². The van der Waals surface area contributed by atoms with Gasteiger partial charge in [0.2, 0.25) is 5.91 Å². The molecule has 1 saturated carbocycles. The van der Waals surface area contributed by atoms with Gasteiger partial charge in [0.05, 0.1) is 5.92 Å². The molecule has 3 N–H and O–H groups in total. The van der Waals surface area contributed by atoms with Crippen molar-refractivity contribution in [2.45, 2.75) is 18.9 Å². The topological polar surface area (TPSA) is 83.6 Å². The standard InChI is InChI=1S/C9H14N2O3/c10-7-1-5(2-7)8(12)11-3-6(4-11)9(13)14/h5-7H,1-4,10H2,(H,13,14). The summed E-state index contributed by atoms with van der Waals surface area (Å²) in [6.45, 7) is 0.750. The van der Waals surface area contributed by atoms with Crippen LogP contribution >= 0.6 is 0 Å². The minimum absolute atomic E-state index is 0.0553. The van der Waals surface area contributed by atoms with Crippen molar-refractivity contribution in [2.75, 3.05) is 13.1 Å². The molecule has 0 aromatic heterocycles. The second-order valence-corrected chi connectivity index (χ2v) is 4.21. The first-order chi connectivity index (χ1) is 6.58. The Morgan fingerprint density at radius 2 is 1.79 bits per heavy atom. The lowest BCUT2D eigenvalue weighted by atomic mass is 9.79. The van der Waals surface area contributed by atoms with Crippen LogP contribution in [0.3, 0.4) is 0 Å². The fourth-order valence-corrected chi connectivity index (χ4v) is 1.94. The van der Waals surface area contributed by atoms with Gasteiger partial charge < -0.3 is 15.7 Å². The summed E-state index contributed by atoms with van der Waals surface area (Å²) in [5, 5.41) is 8.63. The van der Waals surface area contributed by atoms with E-state index < -0.39 is 5.97 Å². The Labute approximate surface area is 81.9 Å². The molecule has 1 amide bonds. The number of likely N-dealkylation sites (tertiary alicyclic amines) is 1. The summed E-state index contributed by atoms with van der Waals surface area (Å²) in [5.74, 6) is -1.02. The molecule has 1 heterocycles. The molecule has 1 aliphatic carbocycles. The lowest BCUT2D eigenvalue weighted by Gasteiger charge is -2.42. The van der Waals surface area contributed by atoms with Gasteiger partial charge in [-0.05, 0) is 12.8 Å². The number of carboxylic acids is 1. The first-order valence-corrected chi connectivity index (χ1v) is 4.85. The Balaban J connectivity index is 1.77. The quantitative estimate of drug-likeness (QED) is 0.612. The molecular weight excluding hydrogens is 184 g/mol. The van der Waals surface area contributed by atoms with Gasteiger partial charge in [0, 0.05) is 25.0 Å². The van der Waals surface area contributed by atoms with Crippen molar-refractivity contribution in [3.05, 3.63) is 0 Å². The number of nitrogens with zero attached hydrogens (tertiary/aromatic N) is 1. The molecular formula is C9H14N2O3. The molecule has 1 aliphatic heterocycles. The zero-order valence-corrected chi connectivity index (χ0v) is 7.85. The van der Waals surface area contributed by atoms with Crippen molar-refractivity contribution >= 4 is 11.9 Å². The highest BCUT2D eigenvalue weighted by atomic mass is 16.4. The number of aliphatic carboxylic acids is 1.